The molecular weight excluding hydrogens is 318 g/mol. The van der Waals surface area contributed by atoms with Crippen LogP contribution < -0.4 is 5.48 Å². The van der Waals surface area contributed by atoms with E-state index in [1.807, 2.05) is 42.5 Å². The van der Waals surface area contributed by atoms with Crippen LogP contribution in [0.15, 0.2) is 42.5 Å². The summed E-state index contributed by atoms with van der Waals surface area (Å²) in [5.74, 6) is 0.392. The van der Waals surface area contributed by atoms with Crippen LogP contribution in [0.25, 0.3) is 10.8 Å². The minimum absolute atomic E-state index is 0.137. The Kier molecular flexibility index (Phi) is 5.69. The van der Waals surface area contributed by atoms with Crippen molar-refractivity contribution in [2.24, 2.45) is 0 Å². The number of rotatable bonds is 8. The van der Waals surface area contributed by atoms with E-state index in [1.54, 1.807) is 4.68 Å². The molecule has 1 amide bonds. The number of nitrogens with one attached hydrogen (secondary N) is 1. The predicted molar refractivity (Wildman–Crippen MR) is 93.3 cm³/mol. The smallest absolute Gasteiger partial charge is 0.247 e. The molecule has 1 heterocycles. The largest absolute Gasteiger partial charge is 0.272 e. The van der Waals surface area contributed by atoms with Crippen molar-refractivity contribution in [3.63, 3.8) is 0 Å². The van der Waals surface area contributed by atoms with Crippen molar-refractivity contribution < 1.29 is 9.63 Å². The predicted octanol–water partition coefficient (Wildman–Crippen LogP) is 2.42. The summed E-state index contributed by atoms with van der Waals surface area (Å²) in [6, 6.07) is 13.9. The van der Waals surface area contributed by atoms with E-state index in [0.717, 1.165) is 35.7 Å². The number of carbonyl (C=O) groups excluding carboxylic acids is 1. The molecule has 0 radical (unpaired) electrons. The lowest BCUT2D eigenvalue weighted by atomic mass is 10.0. The molecule has 25 heavy (non-hydrogen) atoms. The molecule has 0 bridgehead atoms. The van der Waals surface area contributed by atoms with Crippen molar-refractivity contribution in [1.29, 1.82) is 0 Å². The van der Waals surface area contributed by atoms with Gasteiger partial charge in [-0.1, -0.05) is 55.8 Å². The molecule has 7 nitrogen and oxygen atoms in total. The maximum Gasteiger partial charge on any atom is 0.247 e. The Bertz CT molecular complexity index is 841. The third kappa shape index (κ3) is 4.39. The van der Waals surface area contributed by atoms with Gasteiger partial charge in [-0.15, -0.1) is 5.10 Å². The van der Waals surface area contributed by atoms with E-state index in [4.69, 9.17) is 4.84 Å². The number of aryl methyl sites for hydroxylation is 1. The summed E-state index contributed by atoms with van der Waals surface area (Å²) in [5.41, 5.74) is 3.43. The molecular formula is C18H21N5O2. The summed E-state index contributed by atoms with van der Waals surface area (Å²) in [5, 5.41) is 13.7. The zero-order valence-electron chi connectivity index (χ0n) is 14.2. The van der Waals surface area contributed by atoms with Gasteiger partial charge in [0.2, 0.25) is 5.91 Å². The minimum Gasteiger partial charge on any atom is -0.272 e. The highest BCUT2D eigenvalue weighted by molar-refractivity contribution is 5.89. The molecule has 130 valence electrons. The van der Waals surface area contributed by atoms with E-state index in [1.165, 1.54) is 0 Å². The molecule has 1 N–H and O–H groups in total. The molecule has 2 aromatic carbocycles. The topological polar surface area (TPSA) is 81.9 Å². The van der Waals surface area contributed by atoms with Crippen LogP contribution in [0.4, 0.5) is 0 Å². The van der Waals surface area contributed by atoms with E-state index < -0.39 is 0 Å². The van der Waals surface area contributed by atoms with Crippen LogP contribution in [0.1, 0.15) is 31.2 Å². The van der Waals surface area contributed by atoms with Crippen molar-refractivity contribution in [3.05, 3.63) is 53.9 Å². The Hall–Kier alpha value is -2.80. The Morgan fingerprint density at radius 3 is 2.92 bits per heavy atom. The zero-order chi connectivity index (χ0) is 17.5. The van der Waals surface area contributed by atoms with Crippen molar-refractivity contribution in [2.45, 2.75) is 39.3 Å². The van der Waals surface area contributed by atoms with E-state index in [2.05, 4.69) is 27.9 Å². The maximum absolute atomic E-state index is 12.1. The standard InChI is InChI=1S/C18H21N5O2/c1-2-3-11-23-17(19-21-22-23)13-25-20-18(24)12-15-9-6-8-14-7-4-5-10-16(14)15/h4-10H,2-3,11-13H2,1H3,(H,20,24). The second kappa shape index (κ2) is 8.34. The average molecular weight is 339 g/mol. The van der Waals surface area contributed by atoms with Crippen LogP contribution >= 0.6 is 0 Å². The first-order valence-corrected chi connectivity index (χ1v) is 8.40. The van der Waals surface area contributed by atoms with Crippen LogP contribution in [0.2, 0.25) is 0 Å². The molecule has 0 saturated heterocycles. The van der Waals surface area contributed by atoms with Crippen LogP contribution in [0.3, 0.4) is 0 Å². The molecule has 3 rings (SSSR count). The second-order valence-corrected chi connectivity index (χ2v) is 5.80. The monoisotopic (exact) mass is 339 g/mol. The molecule has 0 aliphatic rings. The molecule has 0 spiro atoms. The fourth-order valence-corrected chi connectivity index (χ4v) is 2.65. The zero-order valence-corrected chi connectivity index (χ0v) is 14.2. The minimum atomic E-state index is -0.205. The highest BCUT2D eigenvalue weighted by Crippen LogP contribution is 2.18. The van der Waals surface area contributed by atoms with E-state index in [-0.39, 0.29) is 18.9 Å². The van der Waals surface area contributed by atoms with Gasteiger partial charge in [-0.2, -0.15) is 0 Å². The Morgan fingerprint density at radius 1 is 1.20 bits per heavy atom. The van der Waals surface area contributed by atoms with Crippen LogP contribution in [0, 0.1) is 0 Å². The number of unbranched alkanes of at least 4 members (excludes halogenated alkanes) is 1. The maximum atomic E-state index is 12.1. The van der Waals surface area contributed by atoms with E-state index in [0.29, 0.717) is 5.82 Å². The van der Waals surface area contributed by atoms with Crippen LogP contribution in [-0.4, -0.2) is 26.1 Å². The molecule has 0 aliphatic carbocycles. The SMILES string of the molecule is CCCCn1nnnc1CONC(=O)Cc1cccc2ccccc12. The summed E-state index contributed by atoms with van der Waals surface area (Å²) in [6.45, 7) is 2.98. The Balaban J connectivity index is 1.54. The summed E-state index contributed by atoms with van der Waals surface area (Å²) in [4.78, 5) is 17.4. The van der Waals surface area contributed by atoms with Gasteiger partial charge in [-0.25, -0.2) is 10.2 Å². The van der Waals surface area contributed by atoms with Gasteiger partial charge in [-0.3, -0.25) is 9.63 Å². The van der Waals surface area contributed by atoms with Crippen LogP contribution in [0.5, 0.6) is 0 Å². The van der Waals surface area contributed by atoms with E-state index in [9.17, 15) is 4.79 Å². The number of hydrogen-bond donors (Lipinski definition) is 1. The van der Waals surface area contributed by atoms with Gasteiger partial charge in [-0.05, 0) is 33.2 Å². The van der Waals surface area contributed by atoms with Gasteiger partial charge < -0.3 is 0 Å². The van der Waals surface area contributed by atoms with Gasteiger partial charge in [0.1, 0.15) is 6.61 Å². The first-order valence-electron chi connectivity index (χ1n) is 8.40. The summed E-state index contributed by atoms with van der Waals surface area (Å²) >= 11 is 0. The lowest BCUT2D eigenvalue weighted by Crippen LogP contribution is -2.26. The van der Waals surface area contributed by atoms with Crippen molar-refractivity contribution in [2.75, 3.05) is 0 Å². The molecule has 7 heteroatoms. The summed E-state index contributed by atoms with van der Waals surface area (Å²) in [7, 11) is 0. The number of hydroxylamine groups is 1. The van der Waals surface area contributed by atoms with Gasteiger partial charge in [0.25, 0.3) is 0 Å². The molecule has 1 aromatic heterocycles. The number of tetrazole rings is 1. The quantitative estimate of drug-likeness (QED) is 0.637. The van der Waals surface area contributed by atoms with Crippen molar-refractivity contribution >= 4 is 16.7 Å². The number of hydrogen-bond acceptors (Lipinski definition) is 5. The first kappa shape index (κ1) is 17.0. The van der Waals surface area contributed by atoms with Crippen LogP contribution in [-0.2, 0) is 29.2 Å². The van der Waals surface area contributed by atoms with Crippen molar-refractivity contribution in [3.8, 4) is 0 Å². The molecule has 0 unspecified atom stereocenters. The number of nitrogens with zero attached hydrogens (tertiary/aromatic N) is 4. The Labute approximate surface area is 145 Å². The summed E-state index contributed by atoms with van der Waals surface area (Å²) in [6.07, 6.45) is 2.30. The average Bonchev–Trinajstić information content (AvgIpc) is 3.07. The summed E-state index contributed by atoms with van der Waals surface area (Å²) < 4.78 is 1.69. The molecule has 0 aliphatic heterocycles. The number of aromatic nitrogens is 4. The highest BCUT2D eigenvalue weighted by atomic mass is 16.7. The normalized spacial score (nSPS) is 10.9. The van der Waals surface area contributed by atoms with Gasteiger partial charge in [0.05, 0.1) is 6.42 Å². The second-order valence-electron chi connectivity index (χ2n) is 5.80. The van der Waals surface area contributed by atoms with Gasteiger partial charge in [0.15, 0.2) is 5.82 Å². The van der Waals surface area contributed by atoms with Crippen molar-refractivity contribution in [1.82, 2.24) is 25.7 Å². The van der Waals surface area contributed by atoms with E-state index >= 15 is 0 Å². The van der Waals surface area contributed by atoms with Gasteiger partial charge in [0, 0.05) is 6.54 Å². The van der Waals surface area contributed by atoms with Gasteiger partial charge >= 0.3 is 0 Å². The molecule has 3 aromatic rings. The number of fused-ring (bicyclic) bond motifs is 1. The first-order chi connectivity index (χ1) is 12.3. The molecule has 0 atom stereocenters. The number of benzene rings is 2. The highest BCUT2D eigenvalue weighted by Gasteiger charge is 2.09. The third-order valence-electron chi connectivity index (χ3n) is 3.95. The fraction of sp³-hybridized carbons (Fsp3) is 0.333. The molecule has 0 saturated carbocycles. The third-order valence-corrected chi connectivity index (χ3v) is 3.95. The fourth-order valence-electron chi connectivity index (χ4n) is 2.65. The number of amides is 1. The lowest BCUT2D eigenvalue weighted by Gasteiger charge is -2.08. The molecule has 0 fully saturated rings. The Morgan fingerprint density at radius 2 is 2.04 bits per heavy atom. The number of carbonyl (C=O) groups is 1. The lowest BCUT2D eigenvalue weighted by molar-refractivity contribution is -0.134.